The molecule has 1 aliphatic rings. The minimum absolute atomic E-state index is 0.285. The molecule has 0 spiro atoms. The van der Waals surface area contributed by atoms with Crippen molar-refractivity contribution in [3.05, 3.63) is 48.0 Å². The molecule has 1 heterocycles. The number of carbonyl (C=O) groups excluding carboxylic acids is 1. The molecule has 0 saturated carbocycles. The van der Waals surface area contributed by atoms with Gasteiger partial charge in [0.25, 0.3) is 0 Å². The molecule has 1 aliphatic heterocycles. The van der Waals surface area contributed by atoms with E-state index in [9.17, 15) is 4.79 Å². The van der Waals surface area contributed by atoms with Crippen molar-refractivity contribution in [2.45, 2.75) is 31.7 Å². The Morgan fingerprint density at radius 3 is 2.70 bits per heavy atom. The van der Waals surface area contributed by atoms with Gasteiger partial charge >= 0.3 is 5.97 Å². The molecule has 2 atom stereocenters. The normalized spacial score (nSPS) is 20.1. The van der Waals surface area contributed by atoms with E-state index in [0.717, 1.165) is 24.8 Å². The highest BCUT2D eigenvalue weighted by molar-refractivity contribution is 5.89. The van der Waals surface area contributed by atoms with Crippen LogP contribution in [0.4, 0.5) is 0 Å². The number of hydrogen-bond donors (Lipinski definition) is 0. The van der Waals surface area contributed by atoms with Gasteiger partial charge in [0.1, 0.15) is 6.10 Å². The predicted molar refractivity (Wildman–Crippen MR) is 75.0 cm³/mol. The highest BCUT2D eigenvalue weighted by Crippen LogP contribution is 2.29. The summed E-state index contributed by atoms with van der Waals surface area (Å²) in [7, 11) is 1.34. The molecule has 1 fully saturated rings. The molecule has 20 heavy (non-hydrogen) atoms. The average molecular weight is 276 g/mol. The van der Waals surface area contributed by atoms with Gasteiger partial charge in [-0.05, 0) is 24.8 Å². The number of methoxy groups -OCH3 is 1. The molecule has 108 valence electrons. The number of esters is 1. The van der Waals surface area contributed by atoms with Gasteiger partial charge in [0, 0.05) is 6.61 Å². The average Bonchev–Trinajstić information content (AvgIpc) is 2.53. The van der Waals surface area contributed by atoms with Crippen LogP contribution >= 0.6 is 0 Å². The van der Waals surface area contributed by atoms with E-state index in [-0.39, 0.29) is 11.9 Å². The second-order valence-electron chi connectivity index (χ2n) is 4.74. The van der Waals surface area contributed by atoms with E-state index >= 15 is 0 Å². The van der Waals surface area contributed by atoms with Crippen molar-refractivity contribution in [1.29, 1.82) is 0 Å². The number of ether oxygens (including phenoxy) is 3. The molecule has 0 aromatic heterocycles. The Labute approximate surface area is 119 Å². The van der Waals surface area contributed by atoms with E-state index in [1.807, 2.05) is 30.3 Å². The lowest BCUT2D eigenvalue weighted by atomic mass is 10.0. The van der Waals surface area contributed by atoms with Crippen LogP contribution in [0.25, 0.3) is 0 Å². The van der Waals surface area contributed by atoms with Crippen LogP contribution in [0.5, 0.6) is 0 Å². The Hall–Kier alpha value is -1.65. The summed E-state index contributed by atoms with van der Waals surface area (Å²) in [6, 6.07) is 9.53. The Kier molecular flexibility index (Phi) is 5.32. The van der Waals surface area contributed by atoms with Gasteiger partial charge in [0.15, 0.2) is 6.29 Å². The quantitative estimate of drug-likeness (QED) is 0.612. The van der Waals surface area contributed by atoms with Gasteiger partial charge in [-0.25, -0.2) is 4.79 Å². The van der Waals surface area contributed by atoms with Crippen LogP contribution in [0, 0.1) is 0 Å². The third-order valence-corrected chi connectivity index (χ3v) is 3.29. The molecular formula is C16H20O4. The number of benzene rings is 1. The van der Waals surface area contributed by atoms with Gasteiger partial charge in [0.2, 0.25) is 0 Å². The smallest absolute Gasteiger partial charge is 0.336 e. The minimum atomic E-state index is -0.535. The van der Waals surface area contributed by atoms with Crippen LogP contribution in [-0.4, -0.2) is 26.0 Å². The maximum absolute atomic E-state index is 11.7. The Balaban J connectivity index is 2.15. The van der Waals surface area contributed by atoms with Gasteiger partial charge in [-0.2, -0.15) is 0 Å². The molecule has 1 aromatic carbocycles. The van der Waals surface area contributed by atoms with Gasteiger partial charge in [-0.1, -0.05) is 36.9 Å². The van der Waals surface area contributed by atoms with Gasteiger partial charge in [-0.3, -0.25) is 0 Å². The lowest BCUT2D eigenvalue weighted by Gasteiger charge is -2.28. The Bertz CT molecular complexity index is 449. The zero-order chi connectivity index (χ0) is 14.4. The topological polar surface area (TPSA) is 44.8 Å². The summed E-state index contributed by atoms with van der Waals surface area (Å²) < 4.78 is 16.3. The summed E-state index contributed by atoms with van der Waals surface area (Å²) in [5, 5.41) is 0. The Morgan fingerprint density at radius 1 is 1.35 bits per heavy atom. The fraction of sp³-hybridized carbons (Fsp3) is 0.438. The molecule has 4 nitrogen and oxygen atoms in total. The second-order valence-corrected chi connectivity index (χ2v) is 4.74. The minimum Gasteiger partial charge on any atom is -0.466 e. The number of hydrogen-bond acceptors (Lipinski definition) is 4. The van der Waals surface area contributed by atoms with Crippen molar-refractivity contribution in [1.82, 2.24) is 0 Å². The van der Waals surface area contributed by atoms with Crippen LogP contribution in [0.3, 0.4) is 0 Å². The van der Waals surface area contributed by atoms with E-state index < -0.39 is 12.1 Å². The van der Waals surface area contributed by atoms with Crippen LogP contribution in [-0.2, 0) is 19.0 Å². The zero-order valence-corrected chi connectivity index (χ0v) is 11.7. The highest BCUT2D eigenvalue weighted by atomic mass is 16.7. The van der Waals surface area contributed by atoms with Gasteiger partial charge in [0.05, 0.1) is 12.7 Å². The summed E-state index contributed by atoms with van der Waals surface area (Å²) in [6.45, 7) is 4.50. The maximum Gasteiger partial charge on any atom is 0.336 e. The first-order valence-electron chi connectivity index (χ1n) is 6.81. The van der Waals surface area contributed by atoms with Crippen molar-refractivity contribution in [2.24, 2.45) is 0 Å². The maximum atomic E-state index is 11.7. The molecule has 1 aromatic rings. The lowest BCUT2D eigenvalue weighted by molar-refractivity contribution is -0.184. The molecule has 0 bridgehead atoms. The SMILES string of the molecule is C=C(C(=O)OC)C(OC1CCCCO1)c1ccccc1. The summed E-state index contributed by atoms with van der Waals surface area (Å²) >= 11 is 0. The van der Waals surface area contributed by atoms with E-state index in [1.54, 1.807) is 0 Å². The first-order valence-corrected chi connectivity index (χ1v) is 6.81. The van der Waals surface area contributed by atoms with Crippen LogP contribution in [0.15, 0.2) is 42.5 Å². The van der Waals surface area contributed by atoms with Gasteiger partial charge < -0.3 is 14.2 Å². The molecule has 0 radical (unpaired) electrons. The largest absolute Gasteiger partial charge is 0.466 e. The van der Waals surface area contributed by atoms with Crippen molar-refractivity contribution < 1.29 is 19.0 Å². The standard InChI is InChI=1S/C16H20O4/c1-12(16(17)18-2)15(13-8-4-3-5-9-13)20-14-10-6-7-11-19-14/h3-5,8-9,14-15H,1,6-7,10-11H2,2H3. The van der Waals surface area contributed by atoms with Crippen LogP contribution < -0.4 is 0 Å². The summed E-state index contributed by atoms with van der Waals surface area (Å²) in [5.41, 5.74) is 1.16. The summed E-state index contributed by atoms with van der Waals surface area (Å²) in [5.74, 6) is -0.463. The first-order chi connectivity index (χ1) is 9.72. The monoisotopic (exact) mass is 276 g/mol. The van der Waals surface area contributed by atoms with Crippen molar-refractivity contribution in [2.75, 3.05) is 13.7 Å². The van der Waals surface area contributed by atoms with Crippen molar-refractivity contribution in [3.63, 3.8) is 0 Å². The third-order valence-electron chi connectivity index (χ3n) is 3.29. The lowest BCUT2D eigenvalue weighted by Crippen LogP contribution is -2.26. The number of rotatable bonds is 5. The van der Waals surface area contributed by atoms with Crippen LogP contribution in [0.2, 0.25) is 0 Å². The molecule has 0 aliphatic carbocycles. The van der Waals surface area contributed by atoms with E-state index in [1.165, 1.54) is 7.11 Å². The molecule has 0 amide bonds. The Morgan fingerprint density at radius 2 is 2.10 bits per heavy atom. The van der Waals surface area contributed by atoms with E-state index in [0.29, 0.717) is 6.61 Å². The molecule has 2 rings (SSSR count). The summed E-state index contributed by atoms with van der Waals surface area (Å²) in [4.78, 5) is 11.7. The molecular weight excluding hydrogens is 256 g/mol. The van der Waals surface area contributed by atoms with Crippen LogP contribution in [0.1, 0.15) is 30.9 Å². The fourth-order valence-electron chi connectivity index (χ4n) is 2.20. The predicted octanol–water partition coefficient (Wildman–Crippen LogP) is 3.00. The van der Waals surface area contributed by atoms with E-state index in [4.69, 9.17) is 14.2 Å². The van der Waals surface area contributed by atoms with Crippen molar-refractivity contribution in [3.8, 4) is 0 Å². The van der Waals surface area contributed by atoms with E-state index in [2.05, 4.69) is 6.58 Å². The zero-order valence-electron chi connectivity index (χ0n) is 11.7. The highest BCUT2D eigenvalue weighted by Gasteiger charge is 2.27. The van der Waals surface area contributed by atoms with Crippen molar-refractivity contribution >= 4 is 5.97 Å². The summed E-state index contributed by atoms with van der Waals surface area (Å²) in [6.07, 6.45) is 2.12. The number of carbonyl (C=O) groups is 1. The molecule has 0 N–H and O–H groups in total. The third kappa shape index (κ3) is 3.68. The second kappa shape index (κ2) is 7.22. The molecule has 4 heteroatoms. The first kappa shape index (κ1) is 14.8. The fourth-order valence-corrected chi connectivity index (χ4v) is 2.20. The molecule has 2 unspecified atom stereocenters. The van der Waals surface area contributed by atoms with Gasteiger partial charge in [-0.15, -0.1) is 0 Å². The molecule has 1 saturated heterocycles.